The number of ether oxygens (including phenoxy) is 1. The number of aromatic nitrogens is 1. The predicted molar refractivity (Wildman–Crippen MR) is 142 cm³/mol. The zero-order valence-electron chi connectivity index (χ0n) is 19.7. The summed E-state index contributed by atoms with van der Waals surface area (Å²) in [6.07, 6.45) is 3.60. The fourth-order valence-electron chi connectivity index (χ4n) is 4.32. The first-order valence-corrected chi connectivity index (χ1v) is 12.1. The lowest BCUT2D eigenvalue weighted by Crippen LogP contribution is -2.30. The summed E-state index contributed by atoms with van der Waals surface area (Å²) in [5.41, 5.74) is 3.98. The third-order valence-electron chi connectivity index (χ3n) is 6.11. The van der Waals surface area contributed by atoms with Crippen LogP contribution in [-0.2, 0) is 22.6 Å². The van der Waals surface area contributed by atoms with Crippen LogP contribution in [-0.4, -0.2) is 34.5 Å². The average Bonchev–Trinajstić information content (AvgIpc) is 3.37. The predicted octanol–water partition coefficient (Wildman–Crippen LogP) is 5.88. The molecule has 1 saturated heterocycles. The maximum absolute atomic E-state index is 13.1. The highest BCUT2D eigenvalue weighted by Crippen LogP contribution is 2.27. The van der Waals surface area contributed by atoms with Crippen molar-refractivity contribution in [2.45, 2.75) is 13.1 Å². The number of nitrogens with one attached hydrogen (secondary N) is 1. The van der Waals surface area contributed by atoms with Crippen molar-refractivity contribution in [3.05, 3.63) is 111 Å². The number of imide groups is 1. The van der Waals surface area contributed by atoms with Crippen LogP contribution in [0.1, 0.15) is 27.0 Å². The molecule has 0 aliphatic carbocycles. The van der Waals surface area contributed by atoms with Crippen molar-refractivity contribution in [2.75, 3.05) is 7.11 Å². The number of amides is 3. The molecule has 0 bridgehead atoms. The van der Waals surface area contributed by atoms with Gasteiger partial charge >= 0.3 is 12.0 Å². The molecule has 4 aromatic rings. The zero-order chi connectivity index (χ0) is 26.1. The maximum Gasteiger partial charge on any atom is 0.337 e. The van der Waals surface area contributed by atoms with Gasteiger partial charge in [0.15, 0.2) is 0 Å². The van der Waals surface area contributed by atoms with E-state index < -0.39 is 17.9 Å². The summed E-state index contributed by atoms with van der Waals surface area (Å²) in [7, 11) is 1.35. The van der Waals surface area contributed by atoms with E-state index in [0.29, 0.717) is 27.7 Å². The van der Waals surface area contributed by atoms with Crippen LogP contribution in [0.5, 0.6) is 0 Å². The first-order chi connectivity index (χ1) is 17.8. The molecule has 7 nitrogen and oxygen atoms in total. The lowest BCUT2D eigenvalue weighted by molar-refractivity contribution is -0.123. The molecular weight excluding hydrogens is 513 g/mol. The number of halogens is 2. The standard InChI is InChI=1S/C28H21Cl2N3O4/c1-37-27(35)19-6-4-5-17(11-19)14-32-16-20(21-7-2-3-8-25(21)32)13-24-26(34)33(28(36)31-24)15-18-9-10-22(29)23(30)12-18/h2-13,16H,14-15H2,1H3,(H,31,36)/b24-13-. The quantitative estimate of drug-likeness (QED) is 0.191. The van der Waals surface area contributed by atoms with Gasteiger partial charge in [-0.3, -0.25) is 9.69 Å². The van der Waals surface area contributed by atoms with E-state index in [1.165, 1.54) is 7.11 Å². The van der Waals surface area contributed by atoms with E-state index in [1.54, 1.807) is 36.4 Å². The molecule has 5 rings (SSSR count). The number of fused-ring (bicyclic) bond motifs is 1. The summed E-state index contributed by atoms with van der Waals surface area (Å²) in [5.74, 6) is -0.829. The Morgan fingerprint density at radius 1 is 0.946 bits per heavy atom. The van der Waals surface area contributed by atoms with Gasteiger partial charge in [-0.2, -0.15) is 0 Å². The number of esters is 1. The minimum absolute atomic E-state index is 0.0667. The van der Waals surface area contributed by atoms with Gasteiger partial charge in [-0.25, -0.2) is 9.59 Å². The highest BCUT2D eigenvalue weighted by atomic mass is 35.5. The van der Waals surface area contributed by atoms with Crippen LogP contribution in [0.4, 0.5) is 4.79 Å². The first-order valence-electron chi connectivity index (χ1n) is 11.4. The molecule has 1 aliphatic heterocycles. The van der Waals surface area contributed by atoms with Crippen molar-refractivity contribution in [3.8, 4) is 0 Å². The minimum Gasteiger partial charge on any atom is -0.465 e. The number of methoxy groups -OCH3 is 1. The Bertz CT molecular complexity index is 1590. The lowest BCUT2D eigenvalue weighted by Gasteiger charge is -2.12. The van der Waals surface area contributed by atoms with E-state index in [2.05, 4.69) is 5.32 Å². The Kier molecular flexibility index (Phi) is 6.74. The maximum atomic E-state index is 13.1. The van der Waals surface area contributed by atoms with Gasteiger partial charge in [0, 0.05) is 29.2 Å². The molecule has 1 aliphatic rings. The highest BCUT2D eigenvalue weighted by Gasteiger charge is 2.33. The first kappa shape index (κ1) is 24.6. The molecular formula is C28H21Cl2N3O4. The Labute approximate surface area is 222 Å². The SMILES string of the molecule is COC(=O)c1cccc(Cn2cc(/C=C3\NC(=O)N(Cc4ccc(Cl)c(Cl)c4)C3=O)c3ccccc32)c1. The molecule has 3 amide bonds. The van der Waals surface area contributed by atoms with Gasteiger partial charge in [-0.15, -0.1) is 0 Å². The van der Waals surface area contributed by atoms with Crippen molar-refractivity contribution < 1.29 is 19.1 Å². The molecule has 0 radical (unpaired) electrons. The van der Waals surface area contributed by atoms with Crippen LogP contribution in [0, 0.1) is 0 Å². The number of carbonyl (C=O) groups excluding carboxylic acids is 3. The summed E-state index contributed by atoms with van der Waals surface area (Å²) in [5, 5.41) is 4.35. The fraction of sp³-hybridized carbons (Fsp3) is 0.107. The van der Waals surface area contributed by atoms with E-state index in [1.807, 2.05) is 47.2 Å². The molecule has 2 heterocycles. The number of benzene rings is 3. The van der Waals surface area contributed by atoms with Gasteiger partial charge in [-0.1, -0.05) is 59.6 Å². The third-order valence-corrected chi connectivity index (χ3v) is 6.85. The molecule has 0 unspecified atom stereocenters. The Morgan fingerprint density at radius 2 is 1.73 bits per heavy atom. The van der Waals surface area contributed by atoms with Crippen LogP contribution in [0.25, 0.3) is 17.0 Å². The van der Waals surface area contributed by atoms with Crippen molar-refractivity contribution in [1.29, 1.82) is 0 Å². The number of hydrogen-bond donors (Lipinski definition) is 1. The fourth-order valence-corrected chi connectivity index (χ4v) is 4.64. The molecule has 1 aromatic heterocycles. The number of rotatable bonds is 6. The number of carbonyl (C=O) groups is 3. The third kappa shape index (κ3) is 4.96. The molecule has 0 atom stereocenters. The van der Waals surface area contributed by atoms with Gasteiger partial charge in [0.05, 0.1) is 29.3 Å². The molecule has 1 N–H and O–H groups in total. The summed E-state index contributed by atoms with van der Waals surface area (Å²) < 4.78 is 6.86. The van der Waals surface area contributed by atoms with E-state index in [9.17, 15) is 14.4 Å². The normalized spacial score (nSPS) is 14.5. The Balaban J connectivity index is 1.44. The van der Waals surface area contributed by atoms with E-state index in [0.717, 1.165) is 26.9 Å². The second kappa shape index (κ2) is 10.1. The monoisotopic (exact) mass is 533 g/mol. The van der Waals surface area contributed by atoms with Crippen LogP contribution < -0.4 is 5.32 Å². The Hall–Kier alpha value is -4.07. The molecule has 1 fully saturated rings. The van der Waals surface area contributed by atoms with E-state index in [4.69, 9.17) is 27.9 Å². The summed E-state index contributed by atoms with van der Waals surface area (Å²) in [6, 6.07) is 19.5. The number of nitrogens with zero attached hydrogens (tertiary/aromatic N) is 2. The zero-order valence-corrected chi connectivity index (χ0v) is 21.2. The second-order valence-corrected chi connectivity index (χ2v) is 9.36. The van der Waals surface area contributed by atoms with Gasteiger partial charge in [0.25, 0.3) is 5.91 Å². The molecule has 37 heavy (non-hydrogen) atoms. The van der Waals surface area contributed by atoms with Gasteiger partial charge < -0.3 is 14.6 Å². The molecule has 0 saturated carbocycles. The van der Waals surface area contributed by atoms with Crippen molar-refractivity contribution in [1.82, 2.24) is 14.8 Å². The number of para-hydroxylation sites is 1. The summed E-state index contributed by atoms with van der Waals surface area (Å²) >= 11 is 12.1. The molecule has 3 aromatic carbocycles. The van der Waals surface area contributed by atoms with Crippen LogP contribution in [0.2, 0.25) is 10.0 Å². The number of urea groups is 1. The average molecular weight is 534 g/mol. The van der Waals surface area contributed by atoms with Crippen molar-refractivity contribution in [2.24, 2.45) is 0 Å². The van der Waals surface area contributed by atoms with Crippen molar-refractivity contribution >= 4 is 58.1 Å². The lowest BCUT2D eigenvalue weighted by atomic mass is 10.1. The molecule has 0 spiro atoms. The highest BCUT2D eigenvalue weighted by molar-refractivity contribution is 6.42. The molecule has 9 heteroatoms. The van der Waals surface area contributed by atoms with E-state index in [-0.39, 0.29) is 12.2 Å². The largest absolute Gasteiger partial charge is 0.465 e. The van der Waals surface area contributed by atoms with Gasteiger partial charge in [-0.05, 0) is 47.5 Å². The van der Waals surface area contributed by atoms with Gasteiger partial charge in [0.2, 0.25) is 0 Å². The summed E-state index contributed by atoms with van der Waals surface area (Å²) in [4.78, 5) is 38.8. The number of hydrogen-bond acceptors (Lipinski definition) is 4. The topological polar surface area (TPSA) is 80.6 Å². The second-order valence-electron chi connectivity index (χ2n) is 8.55. The Morgan fingerprint density at radius 3 is 2.51 bits per heavy atom. The van der Waals surface area contributed by atoms with Gasteiger partial charge in [0.1, 0.15) is 5.70 Å². The molecule has 186 valence electrons. The van der Waals surface area contributed by atoms with Crippen molar-refractivity contribution in [3.63, 3.8) is 0 Å². The van der Waals surface area contributed by atoms with Crippen LogP contribution in [0.15, 0.2) is 78.6 Å². The van der Waals surface area contributed by atoms with Crippen LogP contribution in [0.3, 0.4) is 0 Å². The smallest absolute Gasteiger partial charge is 0.337 e. The van der Waals surface area contributed by atoms with E-state index >= 15 is 0 Å². The van der Waals surface area contributed by atoms with Crippen LogP contribution >= 0.6 is 23.2 Å². The minimum atomic E-state index is -0.509. The summed E-state index contributed by atoms with van der Waals surface area (Å²) in [6.45, 7) is 0.565.